The third kappa shape index (κ3) is 3.07. The van der Waals surface area contributed by atoms with E-state index in [0.29, 0.717) is 16.7 Å². The second kappa shape index (κ2) is 6.21. The predicted molar refractivity (Wildman–Crippen MR) is 80.1 cm³/mol. The maximum atomic E-state index is 13.3. The summed E-state index contributed by atoms with van der Waals surface area (Å²) in [5, 5.41) is 31.7. The third-order valence-corrected chi connectivity index (χ3v) is 3.27. The molecule has 0 atom stereocenters. The number of benzene rings is 2. The van der Waals surface area contributed by atoms with Crippen LogP contribution in [0.3, 0.4) is 0 Å². The molecule has 0 spiro atoms. The Kier molecular flexibility index (Phi) is 3.94. The quantitative estimate of drug-likeness (QED) is 0.538. The summed E-state index contributed by atoms with van der Waals surface area (Å²) in [5.74, 6) is -0.267. The van der Waals surface area contributed by atoms with Gasteiger partial charge in [-0.1, -0.05) is 12.1 Å². The summed E-state index contributed by atoms with van der Waals surface area (Å²) in [6.45, 7) is 0.0581. The van der Waals surface area contributed by atoms with Crippen LogP contribution in [0.4, 0.5) is 10.1 Å². The van der Waals surface area contributed by atoms with Crippen LogP contribution in [0.2, 0.25) is 0 Å². The largest absolute Gasteiger partial charge is 0.270 e. The standard InChI is InChI=1S/C15H9FN6O2/c16-13-5-4-11(8-17)12(6-13)9-21-19-15(18-20-21)10-2-1-3-14(7-10)22(23)24/h1-7H,9H2. The van der Waals surface area contributed by atoms with Crippen molar-refractivity contribution >= 4 is 5.69 Å². The number of aromatic nitrogens is 4. The van der Waals surface area contributed by atoms with E-state index in [9.17, 15) is 14.5 Å². The van der Waals surface area contributed by atoms with E-state index in [1.165, 1.54) is 41.2 Å². The molecule has 0 bridgehead atoms. The summed E-state index contributed by atoms with van der Waals surface area (Å²) in [6, 6.07) is 11.6. The number of tetrazole rings is 1. The summed E-state index contributed by atoms with van der Waals surface area (Å²) in [7, 11) is 0. The third-order valence-electron chi connectivity index (χ3n) is 3.27. The summed E-state index contributed by atoms with van der Waals surface area (Å²) in [5.41, 5.74) is 1.09. The summed E-state index contributed by atoms with van der Waals surface area (Å²) in [6.07, 6.45) is 0. The molecule has 2 aromatic carbocycles. The van der Waals surface area contributed by atoms with E-state index in [1.807, 2.05) is 6.07 Å². The zero-order chi connectivity index (χ0) is 17.1. The van der Waals surface area contributed by atoms with Gasteiger partial charge >= 0.3 is 0 Å². The molecule has 24 heavy (non-hydrogen) atoms. The number of nitriles is 1. The van der Waals surface area contributed by atoms with Gasteiger partial charge in [-0.15, -0.1) is 10.2 Å². The molecule has 0 saturated carbocycles. The Morgan fingerprint density at radius 3 is 2.88 bits per heavy atom. The van der Waals surface area contributed by atoms with Crippen LogP contribution in [0.15, 0.2) is 42.5 Å². The fraction of sp³-hybridized carbons (Fsp3) is 0.0667. The lowest BCUT2D eigenvalue weighted by Gasteiger charge is -2.02. The maximum Gasteiger partial charge on any atom is 0.270 e. The van der Waals surface area contributed by atoms with Crippen LogP contribution in [-0.4, -0.2) is 25.1 Å². The van der Waals surface area contributed by atoms with Gasteiger partial charge in [-0.2, -0.15) is 10.1 Å². The second-order valence-corrected chi connectivity index (χ2v) is 4.86. The first-order chi connectivity index (χ1) is 11.6. The highest BCUT2D eigenvalue weighted by Crippen LogP contribution is 2.20. The summed E-state index contributed by atoms with van der Waals surface area (Å²) in [4.78, 5) is 11.5. The predicted octanol–water partition coefficient (Wildman–Crippen LogP) is 2.31. The first-order valence-electron chi connectivity index (χ1n) is 6.78. The van der Waals surface area contributed by atoms with Crippen LogP contribution in [0, 0.1) is 27.3 Å². The molecule has 118 valence electrons. The molecule has 0 aliphatic heterocycles. The normalized spacial score (nSPS) is 10.3. The highest BCUT2D eigenvalue weighted by Gasteiger charge is 2.12. The number of non-ortho nitro benzene ring substituents is 1. The monoisotopic (exact) mass is 324 g/mol. The molecule has 0 fully saturated rings. The number of hydrogen-bond acceptors (Lipinski definition) is 6. The van der Waals surface area contributed by atoms with Crippen molar-refractivity contribution in [3.8, 4) is 17.5 Å². The minimum Gasteiger partial charge on any atom is -0.258 e. The van der Waals surface area contributed by atoms with Crippen LogP contribution >= 0.6 is 0 Å². The number of hydrogen-bond donors (Lipinski definition) is 0. The molecule has 3 aromatic rings. The minimum absolute atomic E-state index is 0.0581. The van der Waals surface area contributed by atoms with Crippen LogP contribution in [0.5, 0.6) is 0 Å². The number of nitro groups is 1. The Morgan fingerprint density at radius 1 is 1.29 bits per heavy atom. The number of rotatable bonds is 4. The lowest BCUT2D eigenvalue weighted by molar-refractivity contribution is -0.384. The van der Waals surface area contributed by atoms with Gasteiger partial charge in [0.2, 0.25) is 5.82 Å². The maximum absolute atomic E-state index is 13.3. The lowest BCUT2D eigenvalue weighted by atomic mass is 10.1. The Balaban J connectivity index is 1.89. The fourth-order valence-corrected chi connectivity index (χ4v) is 2.14. The van der Waals surface area contributed by atoms with E-state index >= 15 is 0 Å². The van der Waals surface area contributed by atoms with Gasteiger partial charge in [0.1, 0.15) is 5.82 Å². The van der Waals surface area contributed by atoms with Gasteiger partial charge in [-0.3, -0.25) is 10.1 Å². The van der Waals surface area contributed by atoms with Gasteiger partial charge in [0.25, 0.3) is 5.69 Å². The molecular formula is C15H9FN6O2. The van der Waals surface area contributed by atoms with Gasteiger partial charge in [0.05, 0.1) is 23.1 Å². The van der Waals surface area contributed by atoms with Gasteiger partial charge in [-0.05, 0) is 29.0 Å². The topological polar surface area (TPSA) is 111 Å². The van der Waals surface area contributed by atoms with Crippen molar-refractivity contribution in [2.24, 2.45) is 0 Å². The second-order valence-electron chi connectivity index (χ2n) is 4.86. The van der Waals surface area contributed by atoms with E-state index in [4.69, 9.17) is 5.26 Å². The van der Waals surface area contributed by atoms with Crippen molar-refractivity contribution in [3.63, 3.8) is 0 Å². The van der Waals surface area contributed by atoms with Crippen molar-refractivity contribution in [1.82, 2.24) is 20.2 Å². The molecule has 1 aromatic heterocycles. The van der Waals surface area contributed by atoms with Gasteiger partial charge in [0, 0.05) is 17.7 Å². The van der Waals surface area contributed by atoms with Crippen molar-refractivity contribution in [2.45, 2.75) is 6.54 Å². The van der Waals surface area contributed by atoms with E-state index in [1.54, 1.807) is 6.07 Å². The van der Waals surface area contributed by atoms with Crippen LogP contribution in [0.25, 0.3) is 11.4 Å². The summed E-state index contributed by atoms with van der Waals surface area (Å²) >= 11 is 0. The smallest absolute Gasteiger partial charge is 0.258 e. The van der Waals surface area contributed by atoms with E-state index in [0.717, 1.165) is 0 Å². The first-order valence-corrected chi connectivity index (χ1v) is 6.78. The van der Waals surface area contributed by atoms with Crippen molar-refractivity contribution in [1.29, 1.82) is 5.26 Å². The molecule has 0 N–H and O–H groups in total. The minimum atomic E-state index is -0.514. The van der Waals surface area contributed by atoms with Crippen molar-refractivity contribution in [2.75, 3.05) is 0 Å². The Bertz CT molecular complexity index is 963. The fourth-order valence-electron chi connectivity index (χ4n) is 2.14. The van der Waals surface area contributed by atoms with Crippen LogP contribution in [-0.2, 0) is 6.54 Å². The molecule has 0 radical (unpaired) electrons. The van der Waals surface area contributed by atoms with Crippen molar-refractivity contribution < 1.29 is 9.31 Å². The molecule has 9 heteroatoms. The van der Waals surface area contributed by atoms with Gasteiger partial charge < -0.3 is 0 Å². The average molecular weight is 324 g/mol. The Hall–Kier alpha value is -3.67. The molecule has 1 heterocycles. The highest BCUT2D eigenvalue weighted by atomic mass is 19.1. The Labute approximate surface area is 134 Å². The zero-order valence-electron chi connectivity index (χ0n) is 12.1. The lowest BCUT2D eigenvalue weighted by Crippen LogP contribution is -2.06. The van der Waals surface area contributed by atoms with E-state index < -0.39 is 10.7 Å². The van der Waals surface area contributed by atoms with Crippen LogP contribution in [0.1, 0.15) is 11.1 Å². The first kappa shape index (κ1) is 15.2. The van der Waals surface area contributed by atoms with E-state index in [2.05, 4.69) is 15.4 Å². The number of halogens is 1. The molecule has 3 rings (SSSR count). The zero-order valence-corrected chi connectivity index (χ0v) is 12.1. The molecule has 0 saturated heterocycles. The molecule has 0 amide bonds. The van der Waals surface area contributed by atoms with Crippen LogP contribution < -0.4 is 0 Å². The average Bonchev–Trinajstić information content (AvgIpc) is 3.04. The molecule has 8 nitrogen and oxygen atoms in total. The highest BCUT2D eigenvalue weighted by molar-refractivity contribution is 5.58. The van der Waals surface area contributed by atoms with Gasteiger partial charge in [-0.25, -0.2) is 4.39 Å². The molecule has 0 aliphatic carbocycles. The van der Waals surface area contributed by atoms with E-state index in [-0.39, 0.29) is 18.1 Å². The summed E-state index contributed by atoms with van der Waals surface area (Å²) < 4.78 is 13.3. The Morgan fingerprint density at radius 2 is 2.12 bits per heavy atom. The number of nitrogens with zero attached hydrogens (tertiary/aromatic N) is 6. The molecule has 0 unspecified atom stereocenters. The molecular weight excluding hydrogens is 315 g/mol. The van der Waals surface area contributed by atoms with Gasteiger partial charge in [0.15, 0.2) is 0 Å². The SMILES string of the molecule is N#Cc1ccc(F)cc1Cn1nnc(-c2cccc([N+](=O)[O-])c2)n1. The molecule has 0 aliphatic rings. The number of nitro benzene ring substituents is 1. The van der Waals surface area contributed by atoms with Crippen molar-refractivity contribution in [3.05, 3.63) is 69.5 Å².